The van der Waals surface area contributed by atoms with Gasteiger partial charge in [0, 0.05) is 26.1 Å². The summed E-state index contributed by atoms with van der Waals surface area (Å²) in [5.74, 6) is -1.51. The van der Waals surface area contributed by atoms with Crippen LogP contribution in [0.25, 0.3) is 0 Å². The fraction of sp³-hybridized carbons (Fsp3) is 0.559. The number of fused-ring (bicyclic) bond motifs is 2. The average molecular weight is 619 g/mol. The van der Waals surface area contributed by atoms with Gasteiger partial charge in [-0.2, -0.15) is 0 Å². The van der Waals surface area contributed by atoms with E-state index in [9.17, 15) is 24.4 Å². The molecular weight excluding hydrogens is 571 g/mol. The van der Waals surface area contributed by atoms with E-state index in [1.54, 1.807) is 4.90 Å². The first-order valence-electron chi connectivity index (χ1n) is 16.6. The van der Waals surface area contributed by atoms with Crippen molar-refractivity contribution in [2.75, 3.05) is 6.54 Å². The van der Waals surface area contributed by atoms with Crippen molar-refractivity contribution < 1.29 is 29.2 Å². The Bertz CT molecular complexity index is 1280. The van der Waals surface area contributed by atoms with Gasteiger partial charge in [-0.1, -0.05) is 99.0 Å². The second kappa shape index (κ2) is 15.7. The van der Waals surface area contributed by atoms with Gasteiger partial charge in [-0.3, -0.25) is 14.5 Å². The Kier molecular flexibility index (Phi) is 11.5. The zero-order valence-corrected chi connectivity index (χ0v) is 26.3. The zero-order chi connectivity index (χ0) is 31.8. The molecule has 4 N–H and O–H groups in total. The maximum Gasteiger partial charge on any atom is 0.475 e. The molecule has 4 atom stereocenters. The topological polar surface area (TPSA) is 131 Å². The molecular formula is C34H47BN4O6. The van der Waals surface area contributed by atoms with Crippen LogP contribution in [0.2, 0.25) is 0 Å². The van der Waals surface area contributed by atoms with E-state index in [1.165, 1.54) is 4.90 Å². The molecule has 3 amide bonds. The van der Waals surface area contributed by atoms with Crippen LogP contribution in [-0.2, 0) is 34.0 Å². The summed E-state index contributed by atoms with van der Waals surface area (Å²) in [5, 5.41) is 26.4. The fourth-order valence-corrected chi connectivity index (χ4v) is 6.69. The molecule has 0 bridgehead atoms. The van der Waals surface area contributed by atoms with Gasteiger partial charge in [0.1, 0.15) is 12.1 Å². The van der Waals surface area contributed by atoms with Crippen molar-refractivity contribution in [1.82, 2.24) is 20.4 Å². The van der Waals surface area contributed by atoms with Gasteiger partial charge in [-0.15, -0.1) is 0 Å². The summed E-state index contributed by atoms with van der Waals surface area (Å²) < 4.78 is 5.93. The van der Waals surface area contributed by atoms with Crippen LogP contribution in [0, 0.1) is 6.92 Å². The summed E-state index contributed by atoms with van der Waals surface area (Å²) in [7, 11) is -1.72. The van der Waals surface area contributed by atoms with Gasteiger partial charge in [0.15, 0.2) is 0 Å². The Hall–Kier alpha value is -3.41. The highest BCUT2D eigenvalue weighted by atomic mass is 16.6. The SMILES string of the molecule is Cc1ccc(CN[C@H]2CCCCCCCCC[C@@H](B(O)O)NC(=O)[C@@H]3C[C@@H](OC(=O)N4Cc5ccccc5C4)CN3C2=O)cc1. The second-order valence-corrected chi connectivity index (χ2v) is 12.9. The largest absolute Gasteiger partial charge is 0.475 e. The molecule has 2 aromatic carbocycles. The van der Waals surface area contributed by atoms with Crippen molar-refractivity contribution in [2.24, 2.45) is 0 Å². The summed E-state index contributed by atoms with van der Waals surface area (Å²) in [6.07, 6.45) is 6.87. The standard InChI is InChI=1S/C34H47BN4O6/c1-24-15-17-25(18-16-24)20-36-29-13-7-5-3-2-4-6-8-14-31(35(43)44)37-32(40)30-19-28(23-39(30)33(29)41)45-34(42)38-21-26-11-9-10-12-27(26)22-38/h9-12,15-18,28-31,36,43-44H,2-8,13-14,19-23H2,1H3,(H,37,40)/t28-,29+,30+,31+/m1/s1. The Morgan fingerprint density at radius 3 is 2.20 bits per heavy atom. The van der Waals surface area contributed by atoms with Crippen LogP contribution in [-0.4, -0.2) is 75.5 Å². The molecule has 242 valence electrons. The lowest BCUT2D eigenvalue weighted by atomic mass is 9.76. The minimum absolute atomic E-state index is 0.0957. The van der Waals surface area contributed by atoms with Crippen LogP contribution in [0.5, 0.6) is 0 Å². The number of carbonyl (C=O) groups excluding carboxylic acids is 3. The van der Waals surface area contributed by atoms with Gasteiger partial charge >= 0.3 is 13.2 Å². The Labute approximate surface area is 266 Å². The normalized spacial score (nSPS) is 25.0. The predicted molar refractivity (Wildman–Crippen MR) is 172 cm³/mol. The monoisotopic (exact) mass is 618 g/mol. The number of aryl methyl sites for hydroxylation is 1. The molecule has 0 saturated carbocycles. The molecule has 3 aliphatic rings. The van der Waals surface area contributed by atoms with Crippen molar-refractivity contribution in [3.05, 3.63) is 70.8 Å². The van der Waals surface area contributed by atoms with Gasteiger partial charge in [-0.05, 0) is 36.5 Å². The molecule has 3 heterocycles. The third-order valence-electron chi connectivity index (χ3n) is 9.38. The van der Waals surface area contributed by atoms with E-state index < -0.39 is 43.2 Å². The number of benzene rings is 2. The summed E-state index contributed by atoms with van der Waals surface area (Å²) in [6.45, 7) is 3.55. The van der Waals surface area contributed by atoms with Crippen LogP contribution >= 0.6 is 0 Å². The lowest BCUT2D eigenvalue weighted by Gasteiger charge is -2.30. The molecule has 2 fully saturated rings. The van der Waals surface area contributed by atoms with Crippen LogP contribution < -0.4 is 10.6 Å². The Morgan fingerprint density at radius 2 is 1.56 bits per heavy atom. The summed E-state index contributed by atoms with van der Waals surface area (Å²) >= 11 is 0. The van der Waals surface area contributed by atoms with Gasteiger partial charge in [0.2, 0.25) is 11.8 Å². The number of nitrogens with zero attached hydrogens (tertiary/aromatic N) is 2. The van der Waals surface area contributed by atoms with Gasteiger partial charge < -0.3 is 30.3 Å². The van der Waals surface area contributed by atoms with Gasteiger partial charge in [0.05, 0.1) is 18.5 Å². The molecule has 0 aromatic heterocycles. The average Bonchev–Trinajstić information content (AvgIpc) is 3.66. The van der Waals surface area contributed by atoms with Crippen LogP contribution in [0.1, 0.15) is 86.5 Å². The first-order chi connectivity index (χ1) is 21.8. The molecule has 0 unspecified atom stereocenters. The molecule has 3 aliphatic heterocycles. The van der Waals surface area contributed by atoms with Crippen LogP contribution in [0.3, 0.4) is 0 Å². The minimum Gasteiger partial charge on any atom is -0.444 e. The smallest absolute Gasteiger partial charge is 0.444 e. The fourth-order valence-electron chi connectivity index (χ4n) is 6.69. The summed E-state index contributed by atoms with van der Waals surface area (Å²) in [4.78, 5) is 44.3. The van der Waals surface area contributed by atoms with Crippen molar-refractivity contribution in [2.45, 2.75) is 115 Å². The molecule has 2 saturated heterocycles. The van der Waals surface area contributed by atoms with E-state index in [1.807, 2.05) is 55.5 Å². The number of rotatable bonds is 5. The van der Waals surface area contributed by atoms with E-state index in [4.69, 9.17) is 4.74 Å². The minimum atomic E-state index is -1.72. The molecule has 11 heteroatoms. The second-order valence-electron chi connectivity index (χ2n) is 12.9. The quantitative estimate of drug-likeness (QED) is 0.377. The molecule has 2 aromatic rings. The van der Waals surface area contributed by atoms with E-state index in [0.29, 0.717) is 32.5 Å². The molecule has 0 aliphatic carbocycles. The number of carbonyl (C=O) groups is 3. The molecule has 5 rings (SSSR count). The van der Waals surface area contributed by atoms with Crippen molar-refractivity contribution in [3.8, 4) is 0 Å². The molecule has 10 nitrogen and oxygen atoms in total. The zero-order valence-electron chi connectivity index (χ0n) is 26.3. The van der Waals surface area contributed by atoms with Gasteiger partial charge in [0.25, 0.3) is 0 Å². The maximum absolute atomic E-state index is 14.2. The number of hydrogen-bond acceptors (Lipinski definition) is 7. The molecule has 0 radical (unpaired) electrons. The molecule has 45 heavy (non-hydrogen) atoms. The Morgan fingerprint density at radius 1 is 0.933 bits per heavy atom. The Balaban J connectivity index is 1.33. The van der Waals surface area contributed by atoms with Gasteiger partial charge in [-0.25, -0.2) is 4.79 Å². The van der Waals surface area contributed by atoms with E-state index in [2.05, 4.69) is 10.6 Å². The maximum atomic E-state index is 14.2. The third kappa shape index (κ3) is 8.86. The first kappa shape index (κ1) is 33.0. The van der Waals surface area contributed by atoms with E-state index in [0.717, 1.165) is 67.2 Å². The molecule has 0 spiro atoms. The van der Waals surface area contributed by atoms with Crippen molar-refractivity contribution in [1.29, 1.82) is 0 Å². The van der Waals surface area contributed by atoms with Crippen LogP contribution in [0.4, 0.5) is 4.79 Å². The highest BCUT2D eigenvalue weighted by Crippen LogP contribution is 2.27. The number of amides is 3. The number of nitrogens with one attached hydrogen (secondary N) is 2. The highest BCUT2D eigenvalue weighted by Gasteiger charge is 2.44. The number of ether oxygens (including phenoxy) is 1. The predicted octanol–water partition coefficient (Wildman–Crippen LogP) is 3.60. The summed E-state index contributed by atoms with van der Waals surface area (Å²) in [5.41, 5.74) is 4.38. The third-order valence-corrected chi connectivity index (χ3v) is 9.38. The first-order valence-corrected chi connectivity index (χ1v) is 16.6. The van der Waals surface area contributed by atoms with Crippen LogP contribution in [0.15, 0.2) is 48.5 Å². The van der Waals surface area contributed by atoms with Crippen molar-refractivity contribution in [3.63, 3.8) is 0 Å². The van der Waals surface area contributed by atoms with Crippen molar-refractivity contribution >= 4 is 25.0 Å². The van der Waals surface area contributed by atoms with E-state index in [-0.39, 0.29) is 18.9 Å². The van der Waals surface area contributed by atoms with E-state index >= 15 is 0 Å². The number of hydrogen-bond donors (Lipinski definition) is 4. The highest BCUT2D eigenvalue weighted by molar-refractivity contribution is 6.43. The summed E-state index contributed by atoms with van der Waals surface area (Å²) in [6, 6.07) is 14.6. The lowest BCUT2D eigenvalue weighted by molar-refractivity contribution is -0.140. The lowest BCUT2D eigenvalue weighted by Crippen LogP contribution is -2.56.